The number of fused-ring (bicyclic) bond motifs is 1. The molecule has 0 aliphatic heterocycles. The van der Waals surface area contributed by atoms with Crippen LogP contribution in [0.5, 0.6) is 5.75 Å². The van der Waals surface area contributed by atoms with Gasteiger partial charge >= 0.3 is 6.18 Å². The van der Waals surface area contributed by atoms with Crippen molar-refractivity contribution in [3.05, 3.63) is 89.9 Å². The SMILES string of the molecule is COc1cc(C(F)(F)F)ccc1S(=O)(=O)c1ccc(CCC(=O)c2ccc3nccn3c2)cc1. The number of ketones is 1. The van der Waals surface area contributed by atoms with Gasteiger partial charge in [-0.1, -0.05) is 12.1 Å². The number of rotatable bonds is 7. The van der Waals surface area contributed by atoms with Crippen LogP contribution in [0.3, 0.4) is 0 Å². The van der Waals surface area contributed by atoms with Crippen LogP contribution in [0, 0.1) is 0 Å². The molecule has 176 valence electrons. The van der Waals surface area contributed by atoms with Crippen molar-refractivity contribution >= 4 is 21.3 Å². The number of alkyl halides is 3. The smallest absolute Gasteiger partial charge is 0.416 e. The van der Waals surface area contributed by atoms with Crippen LogP contribution < -0.4 is 4.74 Å². The Balaban J connectivity index is 1.50. The fourth-order valence-corrected chi connectivity index (χ4v) is 4.92. The summed E-state index contributed by atoms with van der Waals surface area (Å²) < 4.78 is 71.5. The van der Waals surface area contributed by atoms with Crippen LogP contribution in [0.2, 0.25) is 0 Å². The number of Topliss-reactive ketones (excluding diaryl/α,β-unsaturated/α-hetero) is 1. The van der Waals surface area contributed by atoms with Crippen LogP contribution in [-0.2, 0) is 22.4 Å². The molecule has 4 rings (SSSR count). The van der Waals surface area contributed by atoms with Crippen molar-refractivity contribution in [3.63, 3.8) is 0 Å². The molecule has 6 nitrogen and oxygen atoms in total. The zero-order valence-electron chi connectivity index (χ0n) is 17.9. The number of hydrogen-bond donors (Lipinski definition) is 0. The molecular weight excluding hydrogens is 469 g/mol. The Bertz CT molecular complexity index is 1460. The Kier molecular flexibility index (Phi) is 6.18. The average Bonchev–Trinajstić information content (AvgIpc) is 3.29. The van der Waals surface area contributed by atoms with Gasteiger partial charge in [0.1, 0.15) is 16.3 Å². The van der Waals surface area contributed by atoms with Crippen molar-refractivity contribution in [2.24, 2.45) is 0 Å². The molecule has 0 atom stereocenters. The van der Waals surface area contributed by atoms with E-state index in [1.807, 2.05) is 0 Å². The maximum atomic E-state index is 13.0. The predicted molar refractivity (Wildman–Crippen MR) is 118 cm³/mol. The van der Waals surface area contributed by atoms with Crippen molar-refractivity contribution in [1.82, 2.24) is 9.38 Å². The van der Waals surface area contributed by atoms with E-state index in [1.165, 1.54) is 12.1 Å². The molecule has 0 saturated heterocycles. The number of imidazole rings is 1. The Morgan fingerprint density at radius 2 is 1.79 bits per heavy atom. The molecule has 0 N–H and O–H groups in total. The molecule has 0 saturated carbocycles. The van der Waals surface area contributed by atoms with Gasteiger partial charge < -0.3 is 9.14 Å². The first-order valence-corrected chi connectivity index (χ1v) is 11.6. The molecule has 0 radical (unpaired) electrons. The van der Waals surface area contributed by atoms with Crippen LogP contribution in [0.4, 0.5) is 13.2 Å². The van der Waals surface area contributed by atoms with E-state index in [-0.39, 0.29) is 27.7 Å². The number of carbonyl (C=O) groups excluding carboxylic acids is 1. The molecule has 2 aromatic heterocycles. The fourth-order valence-electron chi connectivity index (χ4n) is 3.52. The number of ether oxygens (including phenoxy) is 1. The fraction of sp³-hybridized carbons (Fsp3) is 0.167. The molecular formula is C24H19F3N2O4S. The van der Waals surface area contributed by atoms with Crippen molar-refractivity contribution in [3.8, 4) is 5.75 Å². The van der Waals surface area contributed by atoms with Gasteiger partial charge in [0.2, 0.25) is 9.84 Å². The number of aryl methyl sites for hydroxylation is 1. The lowest BCUT2D eigenvalue weighted by molar-refractivity contribution is -0.137. The summed E-state index contributed by atoms with van der Waals surface area (Å²) in [7, 11) is -3.01. The molecule has 34 heavy (non-hydrogen) atoms. The first kappa shape index (κ1) is 23.5. The van der Waals surface area contributed by atoms with E-state index < -0.39 is 21.6 Å². The third kappa shape index (κ3) is 4.67. The van der Waals surface area contributed by atoms with Gasteiger partial charge in [0.05, 0.1) is 17.6 Å². The second-order valence-electron chi connectivity index (χ2n) is 7.54. The van der Waals surface area contributed by atoms with Gasteiger partial charge in [0.25, 0.3) is 0 Å². The summed E-state index contributed by atoms with van der Waals surface area (Å²) in [5, 5.41) is 0. The number of aromatic nitrogens is 2. The van der Waals surface area contributed by atoms with Gasteiger partial charge in [0.15, 0.2) is 5.78 Å². The number of hydrogen-bond acceptors (Lipinski definition) is 5. The average molecular weight is 488 g/mol. The van der Waals surface area contributed by atoms with E-state index >= 15 is 0 Å². The molecule has 0 amide bonds. The van der Waals surface area contributed by atoms with Crippen molar-refractivity contribution < 1.29 is 31.1 Å². The Hall–Kier alpha value is -3.66. The summed E-state index contributed by atoms with van der Waals surface area (Å²) in [6.07, 6.45) is 1.08. The molecule has 0 aliphatic carbocycles. The Morgan fingerprint density at radius 3 is 2.47 bits per heavy atom. The van der Waals surface area contributed by atoms with Gasteiger partial charge in [0, 0.05) is 30.6 Å². The lowest BCUT2D eigenvalue weighted by Gasteiger charge is -2.13. The van der Waals surface area contributed by atoms with Crippen LogP contribution in [0.1, 0.15) is 27.9 Å². The number of nitrogens with zero attached hydrogens (tertiary/aromatic N) is 2. The highest BCUT2D eigenvalue weighted by atomic mass is 32.2. The zero-order chi connectivity index (χ0) is 24.5. The van der Waals surface area contributed by atoms with Crippen molar-refractivity contribution in [2.45, 2.75) is 28.8 Å². The number of halogens is 3. The quantitative estimate of drug-likeness (QED) is 0.342. The second kappa shape index (κ2) is 8.94. The zero-order valence-corrected chi connectivity index (χ0v) is 18.7. The van der Waals surface area contributed by atoms with E-state index in [0.717, 1.165) is 24.4 Å². The largest absolute Gasteiger partial charge is 0.495 e. The van der Waals surface area contributed by atoms with E-state index in [0.29, 0.717) is 24.1 Å². The predicted octanol–water partition coefficient (Wildman–Crippen LogP) is 5.01. The standard InChI is InChI=1S/C24H19F3N2O4S/c1-33-21-14-18(24(25,26)27)6-10-22(21)34(31,32)19-7-2-16(3-8-19)4-9-20(30)17-5-11-23-28-12-13-29(23)15-17/h2-3,5-8,10-15H,4,9H2,1H3. The minimum atomic E-state index is -4.63. The minimum absolute atomic E-state index is 0.0678. The van der Waals surface area contributed by atoms with Crippen LogP contribution in [0.15, 0.2) is 83.0 Å². The van der Waals surface area contributed by atoms with Crippen LogP contribution >= 0.6 is 0 Å². The first-order valence-electron chi connectivity index (χ1n) is 10.1. The molecule has 2 heterocycles. The summed E-state index contributed by atoms with van der Waals surface area (Å²) in [6, 6.07) is 11.6. The van der Waals surface area contributed by atoms with Crippen LogP contribution in [-0.4, -0.2) is 30.7 Å². The topological polar surface area (TPSA) is 77.7 Å². The number of carbonyl (C=O) groups is 1. The number of benzene rings is 2. The van der Waals surface area contributed by atoms with E-state index in [4.69, 9.17) is 4.74 Å². The lowest BCUT2D eigenvalue weighted by atomic mass is 10.0. The van der Waals surface area contributed by atoms with Gasteiger partial charge in [-0.15, -0.1) is 0 Å². The monoisotopic (exact) mass is 488 g/mol. The Labute approximate surface area is 193 Å². The summed E-state index contributed by atoms with van der Waals surface area (Å²) >= 11 is 0. The second-order valence-corrected chi connectivity index (χ2v) is 9.46. The molecule has 0 bridgehead atoms. The molecule has 0 unspecified atom stereocenters. The minimum Gasteiger partial charge on any atom is -0.495 e. The first-order chi connectivity index (χ1) is 16.1. The van der Waals surface area contributed by atoms with E-state index in [1.54, 1.807) is 47.3 Å². The highest BCUT2D eigenvalue weighted by Gasteiger charge is 2.33. The summed E-state index contributed by atoms with van der Waals surface area (Å²) in [4.78, 5) is 16.2. The molecule has 0 fully saturated rings. The molecule has 10 heteroatoms. The molecule has 4 aromatic rings. The van der Waals surface area contributed by atoms with Crippen LogP contribution in [0.25, 0.3) is 5.65 Å². The van der Waals surface area contributed by atoms with Gasteiger partial charge in [-0.3, -0.25) is 4.79 Å². The summed E-state index contributed by atoms with van der Waals surface area (Å²) in [6.45, 7) is 0. The lowest BCUT2D eigenvalue weighted by Crippen LogP contribution is -2.09. The van der Waals surface area contributed by atoms with E-state index in [9.17, 15) is 26.4 Å². The third-order valence-electron chi connectivity index (χ3n) is 5.37. The summed E-state index contributed by atoms with van der Waals surface area (Å²) in [5.74, 6) is -0.457. The maximum absolute atomic E-state index is 13.0. The summed E-state index contributed by atoms with van der Waals surface area (Å²) in [5.41, 5.74) is 1.02. The molecule has 0 aliphatic rings. The van der Waals surface area contributed by atoms with Gasteiger partial charge in [-0.2, -0.15) is 13.2 Å². The molecule has 2 aromatic carbocycles. The highest BCUT2D eigenvalue weighted by molar-refractivity contribution is 7.91. The number of pyridine rings is 1. The highest BCUT2D eigenvalue weighted by Crippen LogP contribution is 2.36. The van der Waals surface area contributed by atoms with Crippen molar-refractivity contribution in [2.75, 3.05) is 7.11 Å². The maximum Gasteiger partial charge on any atom is 0.416 e. The normalized spacial score (nSPS) is 12.1. The van der Waals surface area contributed by atoms with E-state index in [2.05, 4.69) is 4.98 Å². The third-order valence-corrected chi connectivity index (χ3v) is 7.17. The Morgan fingerprint density at radius 1 is 1.06 bits per heavy atom. The number of methoxy groups -OCH3 is 1. The number of sulfone groups is 1. The molecule has 0 spiro atoms. The van der Waals surface area contributed by atoms with Crippen molar-refractivity contribution in [1.29, 1.82) is 0 Å². The van der Waals surface area contributed by atoms with Gasteiger partial charge in [-0.05, 0) is 54.4 Å². The van der Waals surface area contributed by atoms with Gasteiger partial charge in [-0.25, -0.2) is 13.4 Å².